The van der Waals surface area contributed by atoms with Crippen LogP contribution < -0.4 is 14.8 Å². The van der Waals surface area contributed by atoms with Crippen molar-refractivity contribution in [1.82, 2.24) is 14.7 Å². The van der Waals surface area contributed by atoms with E-state index in [9.17, 15) is 9.59 Å². The highest BCUT2D eigenvalue weighted by atomic mass is 16.5. The van der Waals surface area contributed by atoms with E-state index >= 15 is 0 Å². The van der Waals surface area contributed by atoms with E-state index in [2.05, 4.69) is 17.3 Å². The zero-order valence-corrected chi connectivity index (χ0v) is 20.9. The van der Waals surface area contributed by atoms with Crippen molar-refractivity contribution in [3.05, 3.63) is 65.9 Å². The number of carbonyl (C=O) groups excluding carboxylic acids is 2. The first-order valence-corrected chi connectivity index (χ1v) is 12.2. The Kier molecular flexibility index (Phi) is 9.29. The van der Waals surface area contributed by atoms with Crippen LogP contribution in [0.25, 0.3) is 5.69 Å². The largest absolute Gasteiger partial charge is 0.490 e. The van der Waals surface area contributed by atoms with Crippen LogP contribution in [0.2, 0.25) is 0 Å². The second-order valence-electron chi connectivity index (χ2n) is 7.88. The molecule has 35 heavy (non-hydrogen) atoms. The Morgan fingerprint density at radius 2 is 1.71 bits per heavy atom. The second kappa shape index (κ2) is 12.6. The Morgan fingerprint density at radius 3 is 2.37 bits per heavy atom. The first kappa shape index (κ1) is 25.8. The lowest BCUT2D eigenvalue weighted by Gasteiger charge is -2.19. The third kappa shape index (κ3) is 6.20. The maximum absolute atomic E-state index is 13.3. The Hall–Kier alpha value is -3.81. The summed E-state index contributed by atoms with van der Waals surface area (Å²) >= 11 is 0. The van der Waals surface area contributed by atoms with Crippen LogP contribution in [0.1, 0.15) is 61.3 Å². The number of para-hydroxylation sites is 1. The van der Waals surface area contributed by atoms with E-state index in [0.29, 0.717) is 54.7 Å². The van der Waals surface area contributed by atoms with Gasteiger partial charge in [0.15, 0.2) is 11.5 Å². The van der Waals surface area contributed by atoms with Gasteiger partial charge in [-0.3, -0.25) is 9.59 Å². The van der Waals surface area contributed by atoms with E-state index in [1.165, 1.54) is 6.20 Å². The quantitative estimate of drug-likeness (QED) is 0.362. The average Bonchev–Trinajstić information content (AvgIpc) is 3.29. The molecule has 8 nitrogen and oxygen atoms in total. The number of rotatable bonds is 12. The summed E-state index contributed by atoms with van der Waals surface area (Å²) in [5.74, 6) is 0.856. The maximum Gasteiger partial charge on any atom is 0.259 e. The number of benzene rings is 2. The molecule has 1 N–H and O–H groups in total. The molecular formula is C27H34N4O4. The number of aromatic nitrogens is 2. The van der Waals surface area contributed by atoms with Crippen molar-refractivity contribution in [2.75, 3.05) is 31.6 Å². The lowest BCUT2D eigenvalue weighted by molar-refractivity contribution is 0.0774. The fourth-order valence-corrected chi connectivity index (χ4v) is 3.61. The van der Waals surface area contributed by atoms with Crippen LogP contribution in [0.4, 0.5) is 5.82 Å². The molecule has 0 saturated heterocycles. The normalized spacial score (nSPS) is 10.6. The number of nitrogens with one attached hydrogen (secondary N) is 1. The third-order valence-corrected chi connectivity index (χ3v) is 5.54. The molecule has 2 aromatic carbocycles. The maximum atomic E-state index is 13.3. The number of carbonyl (C=O) groups is 2. The number of hydrogen-bond acceptors (Lipinski definition) is 5. The van der Waals surface area contributed by atoms with Gasteiger partial charge >= 0.3 is 0 Å². The van der Waals surface area contributed by atoms with E-state index in [0.717, 1.165) is 18.5 Å². The summed E-state index contributed by atoms with van der Waals surface area (Å²) in [6.45, 7) is 9.94. The molecule has 0 saturated carbocycles. The van der Waals surface area contributed by atoms with Crippen LogP contribution in [0.15, 0.2) is 54.7 Å². The van der Waals surface area contributed by atoms with Gasteiger partial charge in [0.05, 0.1) is 25.1 Å². The zero-order valence-electron chi connectivity index (χ0n) is 20.9. The summed E-state index contributed by atoms with van der Waals surface area (Å²) < 4.78 is 13.1. The van der Waals surface area contributed by atoms with Crippen molar-refractivity contribution in [3.63, 3.8) is 0 Å². The van der Waals surface area contributed by atoms with E-state index in [1.807, 2.05) is 51.1 Å². The van der Waals surface area contributed by atoms with Crippen LogP contribution in [0.3, 0.4) is 0 Å². The molecular weight excluding hydrogens is 444 g/mol. The molecule has 3 aromatic rings. The summed E-state index contributed by atoms with van der Waals surface area (Å²) in [7, 11) is 0. The molecule has 0 aliphatic heterocycles. The van der Waals surface area contributed by atoms with Gasteiger partial charge in [-0.1, -0.05) is 31.5 Å². The van der Waals surface area contributed by atoms with Crippen LogP contribution in [-0.4, -0.2) is 52.8 Å². The lowest BCUT2D eigenvalue weighted by Crippen LogP contribution is -2.31. The molecule has 0 unspecified atom stereocenters. The molecule has 0 bridgehead atoms. The van der Waals surface area contributed by atoms with Gasteiger partial charge in [-0.15, -0.1) is 0 Å². The smallest absolute Gasteiger partial charge is 0.259 e. The highest BCUT2D eigenvalue weighted by Crippen LogP contribution is 2.30. The number of nitrogens with zero attached hydrogens (tertiary/aromatic N) is 3. The minimum absolute atomic E-state index is 0.192. The van der Waals surface area contributed by atoms with Crippen molar-refractivity contribution in [2.24, 2.45) is 0 Å². The molecule has 0 atom stereocenters. The minimum Gasteiger partial charge on any atom is -0.490 e. The summed E-state index contributed by atoms with van der Waals surface area (Å²) in [6, 6.07) is 14.5. The van der Waals surface area contributed by atoms with Gasteiger partial charge in [0, 0.05) is 18.7 Å². The third-order valence-electron chi connectivity index (χ3n) is 5.54. The second-order valence-corrected chi connectivity index (χ2v) is 7.88. The number of ether oxygens (including phenoxy) is 2. The molecule has 2 amide bonds. The monoisotopic (exact) mass is 478 g/mol. The molecule has 0 fully saturated rings. The Labute approximate surface area is 206 Å². The predicted molar refractivity (Wildman–Crippen MR) is 137 cm³/mol. The summed E-state index contributed by atoms with van der Waals surface area (Å²) in [4.78, 5) is 28.2. The van der Waals surface area contributed by atoms with Crippen molar-refractivity contribution in [3.8, 4) is 17.2 Å². The summed E-state index contributed by atoms with van der Waals surface area (Å²) in [5.41, 5.74) is 1.45. The Bertz CT molecular complexity index is 1120. The highest BCUT2D eigenvalue weighted by molar-refractivity contribution is 6.08. The molecule has 0 aliphatic rings. The van der Waals surface area contributed by atoms with Gasteiger partial charge in [0.25, 0.3) is 11.8 Å². The number of hydrogen-bond donors (Lipinski definition) is 1. The zero-order chi connectivity index (χ0) is 25.2. The molecule has 3 rings (SSSR count). The van der Waals surface area contributed by atoms with Crippen LogP contribution in [0, 0.1) is 0 Å². The molecule has 8 heteroatoms. The molecule has 0 aliphatic carbocycles. The van der Waals surface area contributed by atoms with Crippen molar-refractivity contribution in [2.45, 2.75) is 40.5 Å². The highest BCUT2D eigenvalue weighted by Gasteiger charge is 2.24. The summed E-state index contributed by atoms with van der Waals surface area (Å²) in [6.07, 6.45) is 3.45. The number of anilines is 1. The molecule has 186 valence electrons. The van der Waals surface area contributed by atoms with Crippen molar-refractivity contribution in [1.29, 1.82) is 0 Å². The van der Waals surface area contributed by atoms with E-state index in [1.54, 1.807) is 27.8 Å². The van der Waals surface area contributed by atoms with E-state index < -0.39 is 0 Å². The molecule has 1 heterocycles. The first-order valence-electron chi connectivity index (χ1n) is 12.2. The topological polar surface area (TPSA) is 85.7 Å². The standard InChI is InChI=1S/C27H34N4O4/c1-5-9-17-35-23-16-15-20(18-24(23)34-8-4)26(32)29-25-22(27(33)30(6-2)7-3)19-28-31(25)21-13-11-10-12-14-21/h10-16,18-19H,5-9,17H2,1-4H3,(H,29,32). The average molecular weight is 479 g/mol. The summed E-state index contributed by atoms with van der Waals surface area (Å²) in [5, 5.41) is 7.33. The van der Waals surface area contributed by atoms with Crippen LogP contribution in [-0.2, 0) is 0 Å². The predicted octanol–water partition coefficient (Wildman–Crippen LogP) is 5.18. The Morgan fingerprint density at radius 1 is 0.971 bits per heavy atom. The number of unbranched alkanes of at least 4 members (excludes halogenated alkanes) is 1. The van der Waals surface area contributed by atoms with Gasteiger partial charge in [-0.2, -0.15) is 5.10 Å². The van der Waals surface area contributed by atoms with Gasteiger partial charge in [0.1, 0.15) is 11.4 Å². The lowest BCUT2D eigenvalue weighted by atomic mass is 10.1. The fourth-order valence-electron chi connectivity index (χ4n) is 3.61. The van der Waals surface area contributed by atoms with E-state index in [-0.39, 0.29) is 11.8 Å². The Balaban J connectivity index is 1.96. The molecule has 1 aromatic heterocycles. The minimum atomic E-state index is -0.377. The first-order chi connectivity index (χ1) is 17.0. The van der Waals surface area contributed by atoms with Gasteiger partial charge in [-0.25, -0.2) is 4.68 Å². The fraction of sp³-hybridized carbons (Fsp3) is 0.370. The SMILES string of the molecule is CCCCOc1ccc(C(=O)Nc2c(C(=O)N(CC)CC)cnn2-c2ccccc2)cc1OCC. The van der Waals surface area contributed by atoms with Crippen LogP contribution >= 0.6 is 0 Å². The van der Waals surface area contributed by atoms with Gasteiger partial charge < -0.3 is 19.7 Å². The van der Waals surface area contributed by atoms with Crippen molar-refractivity contribution < 1.29 is 19.1 Å². The van der Waals surface area contributed by atoms with Crippen LogP contribution in [0.5, 0.6) is 11.5 Å². The van der Waals surface area contributed by atoms with Gasteiger partial charge in [0.2, 0.25) is 0 Å². The van der Waals surface area contributed by atoms with Gasteiger partial charge in [-0.05, 0) is 57.5 Å². The molecule has 0 spiro atoms. The van der Waals surface area contributed by atoms with E-state index in [4.69, 9.17) is 9.47 Å². The van der Waals surface area contributed by atoms with Crippen molar-refractivity contribution >= 4 is 17.6 Å². The number of amides is 2. The molecule has 0 radical (unpaired) electrons.